The van der Waals surface area contributed by atoms with Gasteiger partial charge in [-0.1, -0.05) is 55.9 Å². The van der Waals surface area contributed by atoms with E-state index in [4.69, 9.17) is 9.47 Å². The Morgan fingerprint density at radius 2 is 1.17 bits per heavy atom. The molecule has 0 aromatic rings. The van der Waals surface area contributed by atoms with Crippen LogP contribution in [0.4, 0.5) is 0 Å². The van der Waals surface area contributed by atoms with E-state index in [1.54, 1.807) is 0 Å². The molecule has 0 heterocycles. The highest BCUT2D eigenvalue weighted by molar-refractivity contribution is 4.61. The summed E-state index contributed by atoms with van der Waals surface area (Å²) in [6.07, 6.45) is 6.41. The number of hydrogen-bond donors (Lipinski definition) is 0. The van der Waals surface area contributed by atoms with Gasteiger partial charge in [0.05, 0.1) is 6.10 Å². The third kappa shape index (κ3) is 34.3. The van der Waals surface area contributed by atoms with E-state index in [0.29, 0.717) is 16.9 Å². The Morgan fingerprint density at radius 1 is 0.739 bits per heavy atom. The summed E-state index contributed by atoms with van der Waals surface area (Å²) in [5.41, 5.74) is 0.927. The molecule has 0 saturated carbocycles. The zero-order valence-electron chi connectivity index (χ0n) is 17.1. The second-order valence-corrected chi connectivity index (χ2v) is 8.86. The van der Waals surface area contributed by atoms with E-state index >= 15 is 0 Å². The zero-order chi connectivity index (χ0) is 17.6. The van der Waals surface area contributed by atoms with E-state index in [9.17, 15) is 0 Å². The SMILES string of the molecule is C.CC(C)OCCCC(C)(C)C.CCCOCCCC(C)(C)C. The lowest BCUT2D eigenvalue weighted by Gasteiger charge is -2.18. The van der Waals surface area contributed by atoms with Gasteiger partial charge in [0.15, 0.2) is 0 Å². The molecule has 0 fully saturated rings. The van der Waals surface area contributed by atoms with Crippen LogP contribution in [0.5, 0.6) is 0 Å². The smallest absolute Gasteiger partial charge is 0.0518 e. The summed E-state index contributed by atoms with van der Waals surface area (Å²) in [5, 5.41) is 0. The largest absolute Gasteiger partial charge is 0.381 e. The Balaban J connectivity index is -0.000000333. The second-order valence-electron chi connectivity index (χ2n) is 8.86. The molecule has 0 N–H and O–H groups in total. The highest BCUT2D eigenvalue weighted by Crippen LogP contribution is 2.20. The summed E-state index contributed by atoms with van der Waals surface area (Å²) < 4.78 is 10.8. The van der Waals surface area contributed by atoms with Crippen LogP contribution in [0.2, 0.25) is 0 Å². The minimum absolute atomic E-state index is 0. The van der Waals surface area contributed by atoms with Gasteiger partial charge in [-0.05, 0) is 56.8 Å². The van der Waals surface area contributed by atoms with E-state index in [1.807, 2.05) is 0 Å². The first-order chi connectivity index (χ1) is 9.98. The molecular formula is C21H48O2. The number of ether oxygens (including phenoxy) is 2. The van der Waals surface area contributed by atoms with Gasteiger partial charge >= 0.3 is 0 Å². The van der Waals surface area contributed by atoms with Crippen LogP contribution >= 0.6 is 0 Å². The lowest BCUT2D eigenvalue weighted by atomic mass is 9.91. The molecular weight excluding hydrogens is 284 g/mol. The van der Waals surface area contributed by atoms with Crippen molar-refractivity contribution in [3.8, 4) is 0 Å². The van der Waals surface area contributed by atoms with Crippen LogP contribution in [0.15, 0.2) is 0 Å². The standard InChI is InChI=1S/2C10H22O.CH4/c1-9(2)11-8-6-7-10(3,4)5;1-5-8-11-9-6-7-10(2,3)4;/h9H,6-8H2,1-5H3;5-9H2,1-4H3;1H4. The molecule has 0 bridgehead atoms. The molecule has 0 aromatic heterocycles. The van der Waals surface area contributed by atoms with Gasteiger partial charge in [0.1, 0.15) is 0 Å². The Morgan fingerprint density at radius 3 is 1.52 bits per heavy atom. The normalized spacial score (nSPS) is 11.7. The van der Waals surface area contributed by atoms with Gasteiger partial charge in [-0.25, -0.2) is 0 Å². The summed E-state index contributed by atoms with van der Waals surface area (Å²) >= 11 is 0. The van der Waals surface area contributed by atoms with E-state index < -0.39 is 0 Å². The molecule has 0 amide bonds. The molecule has 0 spiro atoms. The molecule has 0 aliphatic rings. The van der Waals surface area contributed by atoms with Gasteiger partial charge in [0, 0.05) is 19.8 Å². The topological polar surface area (TPSA) is 18.5 Å². The van der Waals surface area contributed by atoms with Crippen LogP contribution in [0, 0.1) is 10.8 Å². The lowest BCUT2D eigenvalue weighted by Crippen LogP contribution is -2.09. The first-order valence-corrected chi connectivity index (χ1v) is 9.17. The molecule has 0 radical (unpaired) electrons. The summed E-state index contributed by atoms with van der Waals surface area (Å²) in [5.74, 6) is 0. The van der Waals surface area contributed by atoms with Crippen molar-refractivity contribution in [3.05, 3.63) is 0 Å². The third-order valence-corrected chi connectivity index (χ3v) is 3.09. The highest BCUT2D eigenvalue weighted by Gasteiger charge is 2.09. The van der Waals surface area contributed by atoms with Gasteiger partial charge in [-0.2, -0.15) is 0 Å². The van der Waals surface area contributed by atoms with E-state index in [-0.39, 0.29) is 7.43 Å². The van der Waals surface area contributed by atoms with Gasteiger partial charge < -0.3 is 9.47 Å². The minimum atomic E-state index is 0. The Labute approximate surface area is 148 Å². The summed E-state index contributed by atoms with van der Waals surface area (Å²) in [6.45, 7) is 22.7. The van der Waals surface area contributed by atoms with Crippen molar-refractivity contribution in [1.82, 2.24) is 0 Å². The van der Waals surface area contributed by atoms with E-state index in [1.165, 1.54) is 25.7 Å². The molecule has 0 aliphatic carbocycles. The molecule has 0 saturated heterocycles. The van der Waals surface area contributed by atoms with Gasteiger partial charge in [-0.3, -0.25) is 0 Å². The van der Waals surface area contributed by atoms with Crippen molar-refractivity contribution in [3.63, 3.8) is 0 Å². The zero-order valence-corrected chi connectivity index (χ0v) is 17.1. The number of rotatable bonds is 9. The van der Waals surface area contributed by atoms with Gasteiger partial charge in [0.2, 0.25) is 0 Å². The predicted molar refractivity (Wildman–Crippen MR) is 106 cm³/mol. The van der Waals surface area contributed by atoms with Gasteiger partial charge in [0.25, 0.3) is 0 Å². The average molecular weight is 333 g/mol. The van der Waals surface area contributed by atoms with Crippen molar-refractivity contribution in [1.29, 1.82) is 0 Å². The van der Waals surface area contributed by atoms with Crippen molar-refractivity contribution in [2.75, 3.05) is 19.8 Å². The molecule has 0 rings (SSSR count). The number of hydrogen-bond acceptors (Lipinski definition) is 2. The molecule has 23 heavy (non-hydrogen) atoms. The first-order valence-electron chi connectivity index (χ1n) is 9.17. The van der Waals surface area contributed by atoms with Crippen molar-refractivity contribution < 1.29 is 9.47 Å². The average Bonchev–Trinajstić information content (AvgIpc) is 2.33. The van der Waals surface area contributed by atoms with Crippen molar-refractivity contribution >= 4 is 0 Å². The lowest BCUT2D eigenvalue weighted by molar-refractivity contribution is 0.0710. The fraction of sp³-hybridized carbons (Fsp3) is 1.00. The maximum absolute atomic E-state index is 5.44. The van der Waals surface area contributed by atoms with Crippen LogP contribution in [-0.2, 0) is 9.47 Å². The third-order valence-electron chi connectivity index (χ3n) is 3.09. The molecule has 144 valence electrons. The second kappa shape index (κ2) is 15.4. The molecule has 0 aromatic carbocycles. The minimum Gasteiger partial charge on any atom is -0.381 e. The van der Waals surface area contributed by atoms with Crippen molar-refractivity contribution in [2.45, 2.75) is 108 Å². The van der Waals surface area contributed by atoms with Crippen LogP contribution < -0.4 is 0 Å². The molecule has 0 unspecified atom stereocenters. The fourth-order valence-electron chi connectivity index (χ4n) is 1.87. The maximum Gasteiger partial charge on any atom is 0.0518 e. The quantitative estimate of drug-likeness (QED) is 0.419. The molecule has 2 nitrogen and oxygen atoms in total. The summed E-state index contributed by atoms with van der Waals surface area (Å²) in [7, 11) is 0. The molecule has 0 aliphatic heterocycles. The monoisotopic (exact) mass is 332 g/mol. The van der Waals surface area contributed by atoms with Crippen LogP contribution in [0.25, 0.3) is 0 Å². The van der Waals surface area contributed by atoms with Crippen LogP contribution in [0.1, 0.15) is 102 Å². The molecule has 2 heteroatoms. The molecule has 0 atom stereocenters. The summed E-state index contributed by atoms with van der Waals surface area (Å²) in [4.78, 5) is 0. The maximum atomic E-state index is 5.44. The van der Waals surface area contributed by atoms with Crippen molar-refractivity contribution in [2.24, 2.45) is 10.8 Å². The van der Waals surface area contributed by atoms with Gasteiger partial charge in [-0.15, -0.1) is 0 Å². The van der Waals surface area contributed by atoms with E-state index in [0.717, 1.165) is 26.2 Å². The Bertz CT molecular complexity index is 221. The fourth-order valence-corrected chi connectivity index (χ4v) is 1.87. The predicted octanol–water partition coefficient (Wildman–Crippen LogP) is 7.11. The first kappa shape index (κ1) is 27.8. The Kier molecular flexibility index (Phi) is 18.6. The van der Waals surface area contributed by atoms with Crippen LogP contribution in [-0.4, -0.2) is 25.9 Å². The van der Waals surface area contributed by atoms with E-state index in [2.05, 4.69) is 62.3 Å². The summed E-state index contributed by atoms with van der Waals surface area (Å²) in [6, 6.07) is 0. The Hall–Kier alpha value is -0.0800. The van der Waals surface area contributed by atoms with Crippen LogP contribution in [0.3, 0.4) is 0 Å². The highest BCUT2D eigenvalue weighted by atomic mass is 16.5.